The van der Waals surface area contributed by atoms with Gasteiger partial charge in [0, 0.05) is 13.4 Å². The molecule has 0 radical (unpaired) electrons. The summed E-state index contributed by atoms with van der Waals surface area (Å²) in [5.41, 5.74) is 3.02. The average molecular weight is 359 g/mol. The van der Waals surface area contributed by atoms with Gasteiger partial charge < -0.3 is 0 Å². The van der Waals surface area contributed by atoms with E-state index in [1.807, 2.05) is 0 Å². The summed E-state index contributed by atoms with van der Waals surface area (Å²) >= 11 is 6.05. The van der Waals surface area contributed by atoms with Crippen molar-refractivity contribution in [3.05, 3.63) is 43.4 Å². The minimum atomic E-state index is 1.21. The molecule has 1 aliphatic carbocycles. The average Bonchev–Trinajstić information content (AvgIpc) is 2.58. The van der Waals surface area contributed by atoms with Gasteiger partial charge in [0.2, 0.25) is 0 Å². The van der Waals surface area contributed by atoms with Crippen molar-refractivity contribution in [1.29, 1.82) is 0 Å². The maximum atomic E-state index is 3.64. The molecule has 0 N–H and O–H groups in total. The second-order valence-corrected chi connectivity index (χ2v) is 5.68. The van der Waals surface area contributed by atoms with E-state index in [2.05, 4.69) is 62.8 Å². The van der Waals surface area contributed by atoms with E-state index in [-0.39, 0.29) is 0 Å². The normalized spacial score (nSPS) is 13.9. The SMILES string of the molecule is Brc1ccc2c3c(ccc(I)c13)CC2. The molecular weight excluding hydrogens is 351 g/mol. The molecule has 14 heavy (non-hydrogen) atoms. The Morgan fingerprint density at radius 3 is 2.29 bits per heavy atom. The van der Waals surface area contributed by atoms with Gasteiger partial charge in [-0.15, -0.1) is 0 Å². The third-order valence-corrected chi connectivity index (χ3v) is 4.46. The molecule has 0 nitrogen and oxygen atoms in total. The van der Waals surface area contributed by atoms with Gasteiger partial charge in [-0.3, -0.25) is 0 Å². The van der Waals surface area contributed by atoms with Crippen LogP contribution < -0.4 is 0 Å². The molecule has 2 aromatic carbocycles. The second-order valence-electron chi connectivity index (χ2n) is 3.66. The van der Waals surface area contributed by atoms with E-state index in [4.69, 9.17) is 0 Å². The minimum Gasteiger partial charge on any atom is -0.0573 e. The van der Waals surface area contributed by atoms with Crippen LogP contribution in [0.5, 0.6) is 0 Å². The quantitative estimate of drug-likeness (QED) is 0.616. The molecule has 0 aliphatic heterocycles. The first-order valence-electron chi connectivity index (χ1n) is 4.66. The summed E-state index contributed by atoms with van der Waals surface area (Å²) in [6, 6.07) is 8.92. The Morgan fingerprint density at radius 2 is 1.57 bits per heavy atom. The van der Waals surface area contributed by atoms with Crippen molar-refractivity contribution in [2.45, 2.75) is 12.8 Å². The van der Waals surface area contributed by atoms with Gasteiger partial charge in [0.05, 0.1) is 0 Å². The fraction of sp³-hybridized carbons (Fsp3) is 0.167. The molecule has 3 rings (SSSR count). The van der Waals surface area contributed by atoms with Crippen molar-refractivity contribution in [3.63, 3.8) is 0 Å². The summed E-state index contributed by atoms with van der Waals surface area (Å²) in [7, 11) is 0. The molecule has 0 saturated heterocycles. The van der Waals surface area contributed by atoms with Crippen LogP contribution in [0.1, 0.15) is 11.1 Å². The molecule has 0 heterocycles. The fourth-order valence-corrected chi connectivity index (χ4v) is 3.90. The Morgan fingerprint density at radius 1 is 0.929 bits per heavy atom. The molecule has 1 aliphatic rings. The summed E-state index contributed by atoms with van der Waals surface area (Å²) in [5, 5.41) is 2.89. The summed E-state index contributed by atoms with van der Waals surface area (Å²) in [5.74, 6) is 0. The van der Waals surface area contributed by atoms with Crippen molar-refractivity contribution in [2.75, 3.05) is 0 Å². The summed E-state index contributed by atoms with van der Waals surface area (Å²) in [4.78, 5) is 0. The Bertz CT molecular complexity index is 487. The van der Waals surface area contributed by atoms with Gasteiger partial charge in [-0.2, -0.15) is 0 Å². The number of aryl methyl sites for hydroxylation is 2. The maximum absolute atomic E-state index is 3.64. The number of rotatable bonds is 0. The van der Waals surface area contributed by atoms with Crippen LogP contribution >= 0.6 is 38.5 Å². The Hall–Kier alpha value is -0.0900. The fourth-order valence-electron chi connectivity index (χ4n) is 2.25. The third kappa shape index (κ3) is 1.16. The number of hydrogen-bond donors (Lipinski definition) is 0. The highest BCUT2D eigenvalue weighted by Crippen LogP contribution is 2.37. The lowest BCUT2D eigenvalue weighted by Crippen LogP contribution is -1.83. The van der Waals surface area contributed by atoms with Crippen LogP contribution in [-0.2, 0) is 12.8 Å². The predicted octanol–water partition coefficient (Wildman–Crippen LogP) is 4.31. The first-order chi connectivity index (χ1) is 6.77. The van der Waals surface area contributed by atoms with Gasteiger partial charge >= 0.3 is 0 Å². The van der Waals surface area contributed by atoms with Crippen LogP contribution in [0, 0.1) is 3.57 Å². The summed E-state index contributed by atoms with van der Waals surface area (Å²) in [6.45, 7) is 0. The zero-order valence-electron chi connectivity index (χ0n) is 7.48. The van der Waals surface area contributed by atoms with Crippen LogP contribution in [0.2, 0.25) is 0 Å². The molecule has 0 saturated carbocycles. The molecule has 0 fully saturated rings. The standard InChI is InChI=1S/C12H8BrI/c13-9-5-3-7-1-2-8-4-6-10(14)12(9)11(7)8/h3-6H,1-2H2. The molecule has 2 aromatic rings. The lowest BCUT2D eigenvalue weighted by Gasteiger charge is -2.06. The van der Waals surface area contributed by atoms with Crippen molar-refractivity contribution >= 4 is 49.3 Å². The van der Waals surface area contributed by atoms with Gasteiger partial charge in [0.15, 0.2) is 0 Å². The first-order valence-corrected chi connectivity index (χ1v) is 6.53. The van der Waals surface area contributed by atoms with Gasteiger partial charge in [-0.05, 0) is 64.1 Å². The highest BCUT2D eigenvalue weighted by Gasteiger charge is 2.16. The summed E-state index contributed by atoms with van der Waals surface area (Å²) < 4.78 is 2.57. The van der Waals surface area contributed by atoms with Crippen LogP contribution in [0.15, 0.2) is 28.7 Å². The minimum absolute atomic E-state index is 1.21. The van der Waals surface area contributed by atoms with E-state index in [9.17, 15) is 0 Å². The van der Waals surface area contributed by atoms with Crippen molar-refractivity contribution in [1.82, 2.24) is 0 Å². The Balaban J connectivity index is 2.60. The van der Waals surface area contributed by atoms with Crippen LogP contribution in [0.3, 0.4) is 0 Å². The molecule has 0 spiro atoms. The van der Waals surface area contributed by atoms with Crippen LogP contribution in [0.4, 0.5) is 0 Å². The highest BCUT2D eigenvalue weighted by atomic mass is 127. The molecular formula is C12H8BrI. The lowest BCUT2D eigenvalue weighted by molar-refractivity contribution is 1.02. The maximum Gasteiger partial charge on any atom is 0.0264 e. The van der Waals surface area contributed by atoms with Crippen LogP contribution in [-0.4, -0.2) is 0 Å². The topological polar surface area (TPSA) is 0 Å². The van der Waals surface area contributed by atoms with E-state index in [0.29, 0.717) is 0 Å². The molecule has 0 atom stereocenters. The Kier molecular flexibility index (Phi) is 2.10. The largest absolute Gasteiger partial charge is 0.0573 e. The first kappa shape index (κ1) is 9.16. The zero-order chi connectivity index (χ0) is 9.71. The molecule has 0 bridgehead atoms. The van der Waals surface area contributed by atoms with E-state index in [0.717, 1.165) is 0 Å². The molecule has 0 amide bonds. The smallest absolute Gasteiger partial charge is 0.0264 e. The molecule has 0 unspecified atom stereocenters. The van der Waals surface area contributed by atoms with E-state index in [1.165, 1.54) is 42.8 Å². The predicted molar refractivity (Wildman–Crippen MR) is 71.8 cm³/mol. The van der Waals surface area contributed by atoms with Gasteiger partial charge in [0.25, 0.3) is 0 Å². The number of halogens is 2. The lowest BCUT2D eigenvalue weighted by atomic mass is 10.1. The van der Waals surface area contributed by atoms with Crippen LogP contribution in [0.25, 0.3) is 10.8 Å². The third-order valence-electron chi connectivity index (χ3n) is 2.90. The second kappa shape index (κ2) is 3.20. The monoisotopic (exact) mass is 358 g/mol. The molecule has 0 aromatic heterocycles. The van der Waals surface area contributed by atoms with Gasteiger partial charge in [-0.25, -0.2) is 0 Å². The van der Waals surface area contributed by atoms with E-state index >= 15 is 0 Å². The van der Waals surface area contributed by atoms with Crippen molar-refractivity contribution in [3.8, 4) is 0 Å². The Labute approximate surface area is 105 Å². The summed E-state index contributed by atoms with van der Waals surface area (Å²) in [6.07, 6.45) is 2.42. The molecule has 70 valence electrons. The molecule has 2 heteroatoms. The van der Waals surface area contributed by atoms with E-state index in [1.54, 1.807) is 0 Å². The number of benzene rings is 2. The number of hydrogen-bond acceptors (Lipinski definition) is 0. The van der Waals surface area contributed by atoms with Gasteiger partial charge in [0.1, 0.15) is 0 Å². The van der Waals surface area contributed by atoms with Gasteiger partial charge in [-0.1, -0.05) is 28.1 Å². The van der Waals surface area contributed by atoms with Crippen molar-refractivity contribution in [2.24, 2.45) is 0 Å². The highest BCUT2D eigenvalue weighted by molar-refractivity contribution is 14.1. The zero-order valence-corrected chi connectivity index (χ0v) is 11.2. The van der Waals surface area contributed by atoms with Crippen molar-refractivity contribution < 1.29 is 0 Å². The van der Waals surface area contributed by atoms with E-state index < -0.39 is 0 Å².